The number of aryl methyl sites for hydroxylation is 1. The Bertz CT molecular complexity index is 1290. The summed E-state index contributed by atoms with van der Waals surface area (Å²) in [5.41, 5.74) is 2.35. The molecule has 11 nitrogen and oxygen atoms in total. The van der Waals surface area contributed by atoms with Gasteiger partial charge in [0, 0.05) is 5.69 Å². The van der Waals surface area contributed by atoms with Crippen LogP contribution in [0.1, 0.15) is 44.7 Å². The number of aromatic nitrogens is 2. The molecule has 0 saturated carbocycles. The third-order valence-electron chi connectivity index (χ3n) is 5.06. The second kappa shape index (κ2) is 9.46. The van der Waals surface area contributed by atoms with E-state index in [1.165, 1.54) is 0 Å². The van der Waals surface area contributed by atoms with Crippen LogP contribution < -0.4 is 16.6 Å². The summed E-state index contributed by atoms with van der Waals surface area (Å²) < 4.78 is 0. The van der Waals surface area contributed by atoms with Gasteiger partial charge in [-0.3, -0.25) is 9.59 Å². The number of hydrogen-bond donors (Lipinski definition) is 2. The number of carbonyl (C=O) groups is 2. The van der Waals surface area contributed by atoms with Crippen molar-refractivity contribution in [1.82, 2.24) is 15.0 Å². The predicted octanol–water partition coefficient (Wildman–Crippen LogP) is 1.93. The molecule has 0 aliphatic carbocycles. The molecule has 0 fully saturated rings. The highest BCUT2D eigenvalue weighted by atomic mass is 16.6. The number of hydrogen-bond acceptors (Lipinski definition) is 9. The molecule has 0 unspecified atom stereocenters. The normalized spacial score (nSPS) is 13.8. The molecular weight excluding hydrogens is 436 g/mol. The Balaban J connectivity index is 1.56. The molecule has 0 spiro atoms. The Labute approximate surface area is 195 Å². The number of imide groups is 1. The van der Waals surface area contributed by atoms with Crippen LogP contribution in [0.15, 0.2) is 70.9 Å². The number of amidine groups is 2. The van der Waals surface area contributed by atoms with E-state index < -0.39 is 11.8 Å². The van der Waals surface area contributed by atoms with Gasteiger partial charge in [0.05, 0.1) is 16.8 Å². The number of benzene rings is 1. The molecule has 0 radical (unpaired) electrons. The van der Waals surface area contributed by atoms with E-state index in [-0.39, 0.29) is 24.1 Å². The number of hydrazine groups is 1. The SMILES string of the molecule is C/C(=N/N)N(N)/C(=N/OCc1cccc(N2C(=O)c3ccccc3C2=O)n1)c1cccc(C)n1. The average molecular weight is 458 g/mol. The molecule has 172 valence electrons. The van der Waals surface area contributed by atoms with Crippen molar-refractivity contribution >= 4 is 29.3 Å². The van der Waals surface area contributed by atoms with Crippen LogP contribution in [0, 0.1) is 6.92 Å². The standard InChI is InChI=1S/C23H22N8O3/c1-14-7-5-11-19(26-14)21(31(25)15(2)28-24)29-34-13-16-8-6-12-20(27-16)30-22(32)17-9-3-4-10-18(17)23(30)33/h3-12H,13,24-25H2,1-2H3/b28-15-,29-21+. The van der Waals surface area contributed by atoms with Crippen LogP contribution in [-0.2, 0) is 11.4 Å². The second-order valence-corrected chi connectivity index (χ2v) is 7.38. The first-order valence-electron chi connectivity index (χ1n) is 10.3. The third kappa shape index (κ3) is 4.32. The maximum atomic E-state index is 12.7. The highest BCUT2D eigenvalue weighted by Gasteiger charge is 2.37. The minimum absolute atomic E-state index is 0.0566. The fourth-order valence-corrected chi connectivity index (χ4v) is 3.33. The summed E-state index contributed by atoms with van der Waals surface area (Å²) in [6.45, 7) is 3.39. The first-order valence-corrected chi connectivity index (χ1v) is 10.3. The third-order valence-corrected chi connectivity index (χ3v) is 5.06. The number of rotatable bonds is 5. The highest BCUT2D eigenvalue weighted by Crippen LogP contribution is 2.27. The van der Waals surface area contributed by atoms with Gasteiger partial charge in [0.25, 0.3) is 11.8 Å². The van der Waals surface area contributed by atoms with Gasteiger partial charge < -0.3 is 10.7 Å². The molecule has 2 amide bonds. The van der Waals surface area contributed by atoms with Crippen molar-refractivity contribution < 1.29 is 14.4 Å². The minimum Gasteiger partial charge on any atom is -0.387 e. The Kier molecular flexibility index (Phi) is 6.28. The number of amides is 2. The quantitative estimate of drug-likeness (QED) is 0.193. The molecule has 34 heavy (non-hydrogen) atoms. The van der Waals surface area contributed by atoms with E-state index in [9.17, 15) is 9.59 Å². The molecule has 11 heteroatoms. The van der Waals surface area contributed by atoms with Gasteiger partial charge in [0.15, 0.2) is 6.61 Å². The first-order chi connectivity index (χ1) is 16.4. The molecule has 2 aromatic heterocycles. The fraction of sp³-hybridized carbons (Fsp3) is 0.130. The van der Waals surface area contributed by atoms with Crippen molar-refractivity contribution in [2.45, 2.75) is 20.5 Å². The van der Waals surface area contributed by atoms with Crippen molar-refractivity contribution in [3.05, 3.63) is 88.9 Å². The van der Waals surface area contributed by atoms with Crippen LogP contribution in [0.25, 0.3) is 0 Å². The van der Waals surface area contributed by atoms with Crippen LogP contribution in [0.4, 0.5) is 5.82 Å². The zero-order chi connectivity index (χ0) is 24.2. The smallest absolute Gasteiger partial charge is 0.267 e. The topological polar surface area (TPSA) is 152 Å². The molecule has 4 rings (SSSR count). The van der Waals surface area contributed by atoms with Gasteiger partial charge in [0.1, 0.15) is 17.3 Å². The van der Waals surface area contributed by atoms with Crippen LogP contribution in [0.5, 0.6) is 0 Å². The maximum absolute atomic E-state index is 12.7. The van der Waals surface area contributed by atoms with E-state index in [0.717, 1.165) is 15.6 Å². The molecule has 0 atom stereocenters. The zero-order valence-corrected chi connectivity index (χ0v) is 18.5. The van der Waals surface area contributed by atoms with Gasteiger partial charge in [-0.05, 0) is 50.2 Å². The van der Waals surface area contributed by atoms with Gasteiger partial charge in [0.2, 0.25) is 5.84 Å². The van der Waals surface area contributed by atoms with E-state index in [2.05, 4.69) is 20.2 Å². The van der Waals surface area contributed by atoms with Crippen molar-refractivity contribution in [3.8, 4) is 0 Å². The lowest BCUT2D eigenvalue weighted by molar-refractivity contribution is 0.0924. The maximum Gasteiger partial charge on any atom is 0.267 e. The van der Waals surface area contributed by atoms with Gasteiger partial charge in [-0.25, -0.2) is 25.7 Å². The highest BCUT2D eigenvalue weighted by molar-refractivity contribution is 6.34. The predicted molar refractivity (Wildman–Crippen MR) is 125 cm³/mol. The molecule has 1 aromatic carbocycles. The van der Waals surface area contributed by atoms with Crippen molar-refractivity contribution in [1.29, 1.82) is 0 Å². The van der Waals surface area contributed by atoms with Crippen molar-refractivity contribution in [2.75, 3.05) is 4.90 Å². The fourth-order valence-electron chi connectivity index (χ4n) is 3.33. The summed E-state index contributed by atoms with van der Waals surface area (Å²) >= 11 is 0. The first kappa shape index (κ1) is 22.6. The molecule has 0 saturated heterocycles. The number of pyridine rings is 2. The molecule has 1 aliphatic rings. The van der Waals surface area contributed by atoms with Crippen LogP contribution >= 0.6 is 0 Å². The number of anilines is 1. The van der Waals surface area contributed by atoms with Crippen LogP contribution in [-0.4, -0.2) is 38.5 Å². The van der Waals surface area contributed by atoms with Crippen molar-refractivity contribution in [2.24, 2.45) is 21.9 Å². The van der Waals surface area contributed by atoms with Crippen LogP contribution in [0.2, 0.25) is 0 Å². The lowest BCUT2D eigenvalue weighted by Gasteiger charge is -2.18. The van der Waals surface area contributed by atoms with E-state index in [4.69, 9.17) is 16.5 Å². The lowest BCUT2D eigenvalue weighted by Crippen LogP contribution is -2.43. The summed E-state index contributed by atoms with van der Waals surface area (Å²) in [4.78, 5) is 40.8. The summed E-state index contributed by atoms with van der Waals surface area (Å²) in [7, 11) is 0. The number of hydrazone groups is 1. The van der Waals surface area contributed by atoms with Crippen LogP contribution in [0.3, 0.4) is 0 Å². The Morgan fingerprint density at radius 3 is 2.32 bits per heavy atom. The largest absolute Gasteiger partial charge is 0.387 e. The van der Waals surface area contributed by atoms with Crippen molar-refractivity contribution in [3.63, 3.8) is 0 Å². The van der Waals surface area contributed by atoms with Gasteiger partial charge in [-0.1, -0.05) is 29.4 Å². The summed E-state index contributed by atoms with van der Waals surface area (Å²) in [6, 6.07) is 17.0. The summed E-state index contributed by atoms with van der Waals surface area (Å²) in [5, 5.41) is 8.86. The summed E-state index contributed by atoms with van der Waals surface area (Å²) in [5.74, 6) is 11.3. The molecule has 0 bridgehead atoms. The number of nitrogens with two attached hydrogens (primary N) is 2. The number of nitrogens with zero attached hydrogens (tertiary/aromatic N) is 6. The van der Waals surface area contributed by atoms with Gasteiger partial charge in [-0.15, -0.1) is 0 Å². The molecule has 1 aliphatic heterocycles. The monoisotopic (exact) mass is 458 g/mol. The molecule has 4 N–H and O–H groups in total. The second-order valence-electron chi connectivity index (χ2n) is 7.38. The summed E-state index contributed by atoms with van der Waals surface area (Å²) in [6.07, 6.45) is 0. The number of fused-ring (bicyclic) bond motifs is 1. The minimum atomic E-state index is -0.424. The molecule has 3 aromatic rings. The average Bonchev–Trinajstić information content (AvgIpc) is 3.11. The number of oxime groups is 1. The van der Waals surface area contributed by atoms with E-state index in [0.29, 0.717) is 22.5 Å². The lowest BCUT2D eigenvalue weighted by atomic mass is 10.1. The Morgan fingerprint density at radius 2 is 1.68 bits per heavy atom. The zero-order valence-electron chi connectivity index (χ0n) is 18.5. The van der Waals surface area contributed by atoms with E-state index >= 15 is 0 Å². The molecular formula is C23H22N8O3. The molecule has 3 heterocycles. The van der Waals surface area contributed by atoms with Gasteiger partial charge in [-0.2, -0.15) is 5.10 Å². The number of carbonyl (C=O) groups excluding carboxylic acids is 2. The van der Waals surface area contributed by atoms with Gasteiger partial charge >= 0.3 is 0 Å². The van der Waals surface area contributed by atoms with E-state index in [1.807, 2.05) is 19.1 Å². The Morgan fingerprint density at radius 1 is 1.00 bits per heavy atom. The Hall–Kier alpha value is -4.64. The van der Waals surface area contributed by atoms with E-state index in [1.54, 1.807) is 55.5 Å².